The second kappa shape index (κ2) is 4.10. The van der Waals surface area contributed by atoms with E-state index in [1.165, 1.54) is 12.1 Å². The first kappa shape index (κ1) is 10.3. The number of methoxy groups -OCH3 is 1. The fraction of sp³-hybridized carbons (Fsp3) is 0.0833. The van der Waals surface area contributed by atoms with Gasteiger partial charge in [0.25, 0.3) is 5.95 Å². The Labute approximate surface area is 92.1 Å². The fourth-order valence-electron chi connectivity index (χ4n) is 1.33. The van der Waals surface area contributed by atoms with Crippen molar-refractivity contribution >= 4 is 5.78 Å². The van der Waals surface area contributed by atoms with E-state index >= 15 is 0 Å². The van der Waals surface area contributed by atoms with Gasteiger partial charge in [-0.25, -0.2) is 0 Å². The molecule has 0 bridgehead atoms. The maximum absolute atomic E-state index is 11.8. The van der Waals surface area contributed by atoms with Crippen LogP contribution in [-0.4, -0.2) is 18.0 Å². The van der Waals surface area contributed by atoms with Gasteiger partial charge in [0.15, 0.2) is 5.76 Å². The van der Waals surface area contributed by atoms with E-state index < -0.39 is 0 Å². The van der Waals surface area contributed by atoms with Crippen molar-refractivity contribution in [2.75, 3.05) is 7.11 Å². The first-order valence-electron chi connectivity index (χ1n) is 4.68. The second-order valence-electron chi connectivity index (χ2n) is 3.20. The highest BCUT2D eigenvalue weighted by Gasteiger charge is 2.13. The molecule has 1 aromatic carbocycles. The van der Waals surface area contributed by atoms with Crippen LogP contribution in [0.15, 0.2) is 40.8 Å². The molecule has 16 heavy (non-hydrogen) atoms. The van der Waals surface area contributed by atoms with Gasteiger partial charge in [-0.2, -0.15) is 0 Å². The van der Waals surface area contributed by atoms with Crippen molar-refractivity contribution in [1.29, 1.82) is 0 Å². The highest BCUT2D eigenvalue weighted by molar-refractivity contribution is 6.07. The Bertz CT molecular complexity index is 496. The highest BCUT2D eigenvalue weighted by atomic mass is 16.5. The Balaban J connectivity index is 2.27. The second-order valence-corrected chi connectivity index (χ2v) is 3.20. The van der Waals surface area contributed by atoms with Crippen molar-refractivity contribution in [3.63, 3.8) is 0 Å². The van der Waals surface area contributed by atoms with Crippen LogP contribution in [-0.2, 0) is 0 Å². The molecule has 4 heteroatoms. The van der Waals surface area contributed by atoms with E-state index in [0.29, 0.717) is 11.3 Å². The summed E-state index contributed by atoms with van der Waals surface area (Å²) in [6.07, 6.45) is 0. The number of furan rings is 1. The van der Waals surface area contributed by atoms with Gasteiger partial charge < -0.3 is 14.3 Å². The minimum absolute atomic E-state index is 0.114. The lowest BCUT2D eigenvalue weighted by atomic mass is 10.1. The van der Waals surface area contributed by atoms with Gasteiger partial charge in [0.2, 0.25) is 5.78 Å². The number of carbonyl (C=O) groups excluding carboxylic acids is 1. The zero-order valence-corrected chi connectivity index (χ0v) is 8.64. The molecule has 82 valence electrons. The zero-order chi connectivity index (χ0) is 11.5. The highest BCUT2D eigenvalue weighted by Crippen LogP contribution is 2.19. The molecule has 2 rings (SSSR count). The van der Waals surface area contributed by atoms with Crippen LogP contribution in [0.1, 0.15) is 16.1 Å². The van der Waals surface area contributed by atoms with E-state index in [0.717, 1.165) is 0 Å². The maximum Gasteiger partial charge on any atom is 0.282 e. The predicted octanol–water partition coefficient (Wildman–Crippen LogP) is 2.22. The van der Waals surface area contributed by atoms with Gasteiger partial charge in [-0.05, 0) is 30.3 Å². The monoisotopic (exact) mass is 218 g/mol. The molecular weight excluding hydrogens is 208 g/mol. The summed E-state index contributed by atoms with van der Waals surface area (Å²) in [6.45, 7) is 0. The van der Waals surface area contributed by atoms with Crippen LogP contribution in [0.4, 0.5) is 0 Å². The Morgan fingerprint density at radius 1 is 1.19 bits per heavy atom. The van der Waals surface area contributed by atoms with Crippen LogP contribution in [0, 0.1) is 0 Å². The molecule has 0 aliphatic heterocycles. The summed E-state index contributed by atoms with van der Waals surface area (Å²) in [4.78, 5) is 11.8. The van der Waals surface area contributed by atoms with E-state index in [4.69, 9.17) is 14.3 Å². The molecule has 0 fully saturated rings. The summed E-state index contributed by atoms with van der Waals surface area (Å²) in [5.74, 6) is 0.251. The number of aromatic hydroxyl groups is 1. The molecule has 0 amide bonds. The third kappa shape index (κ3) is 1.91. The predicted molar refractivity (Wildman–Crippen MR) is 56.8 cm³/mol. The summed E-state index contributed by atoms with van der Waals surface area (Å²) in [5.41, 5.74) is 0.482. The maximum atomic E-state index is 11.8. The van der Waals surface area contributed by atoms with Crippen molar-refractivity contribution in [2.24, 2.45) is 0 Å². The lowest BCUT2D eigenvalue weighted by Gasteiger charge is -2.00. The van der Waals surface area contributed by atoms with Crippen molar-refractivity contribution in [2.45, 2.75) is 0 Å². The van der Waals surface area contributed by atoms with Gasteiger partial charge in [0.1, 0.15) is 5.75 Å². The Kier molecular flexibility index (Phi) is 2.64. The topological polar surface area (TPSA) is 59.7 Å². The smallest absolute Gasteiger partial charge is 0.282 e. The third-order valence-electron chi connectivity index (χ3n) is 2.17. The quantitative estimate of drug-likeness (QED) is 0.802. The molecule has 0 aliphatic carbocycles. The van der Waals surface area contributed by atoms with Gasteiger partial charge in [-0.15, -0.1) is 0 Å². The molecule has 0 radical (unpaired) electrons. The van der Waals surface area contributed by atoms with Gasteiger partial charge in [0.05, 0.1) is 7.11 Å². The Hall–Kier alpha value is -2.23. The van der Waals surface area contributed by atoms with Crippen LogP contribution in [0.3, 0.4) is 0 Å². The van der Waals surface area contributed by atoms with Crippen LogP contribution in [0.25, 0.3) is 0 Å². The lowest BCUT2D eigenvalue weighted by Crippen LogP contribution is -1.99. The van der Waals surface area contributed by atoms with Crippen molar-refractivity contribution in [3.05, 3.63) is 47.7 Å². The van der Waals surface area contributed by atoms with E-state index in [-0.39, 0.29) is 17.5 Å². The molecule has 4 nitrogen and oxygen atoms in total. The number of hydrogen-bond donors (Lipinski definition) is 1. The van der Waals surface area contributed by atoms with Gasteiger partial charge >= 0.3 is 0 Å². The number of carbonyl (C=O) groups is 1. The van der Waals surface area contributed by atoms with Crippen molar-refractivity contribution in [1.82, 2.24) is 0 Å². The fourth-order valence-corrected chi connectivity index (χ4v) is 1.33. The van der Waals surface area contributed by atoms with E-state index in [1.54, 1.807) is 31.4 Å². The van der Waals surface area contributed by atoms with E-state index in [2.05, 4.69) is 0 Å². The number of hydrogen-bond acceptors (Lipinski definition) is 4. The van der Waals surface area contributed by atoms with Crippen molar-refractivity contribution in [3.8, 4) is 11.7 Å². The number of benzene rings is 1. The summed E-state index contributed by atoms with van der Waals surface area (Å²) in [5, 5.41) is 8.99. The first-order chi connectivity index (χ1) is 7.70. The van der Waals surface area contributed by atoms with Crippen molar-refractivity contribution < 1.29 is 19.1 Å². The molecule has 2 aromatic rings. The Morgan fingerprint density at radius 3 is 2.38 bits per heavy atom. The van der Waals surface area contributed by atoms with Crippen LogP contribution < -0.4 is 4.74 Å². The molecule has 0 saturated heterocycles. The largest absolute Gasteiger partial charge is 0.497 e. The minimum atomic E-state index is -0.275. The van der Waals surface area contributed by atoms with Crippen LogP contribution in [0.2, 0.25) is 0 Å². The summed E-state index contributed by atoms with van der Waals surface area (Å²) in [6, 6.07) is 9.42. The SMILES string of the molecule is COc1ccc(C(=O)c2ccc(O)o2)cc1. The standard InChI is InChI=1S/C12H10O4/c1-15-9-4-2-8(3-5-9)12(14)10-6-7-11(13)16-10/h2-7,13H,1H3. The van der Waals surface area contributed by atoms with Gasteiger partial charge in [-0.1, -0.05) is 0 Å². The third-order valence-corrected chi connectivity index (χ3v) is 2.17. The lowest BCUT2D eigenvalue weighted by molar-refractivity contribution is 0.100. The van der Waals surface area contributed by atoms with E-state index in [1.807, 2.05) is 0 Å². The van der Waals surface area contributed by atoms with Crippen LogP contribution in [0.5, 0.6) is 11.7 Å². The number of ketones is 1. The average Bonchev–Trinajstić information content (AvgIpc) is 2.75. The summed E-state index contributed by atoms with van der Waals surface area (Å²) >= 11 is 0. The molecule has 0 saturated carbocycles. The van der Waals surface area contributed by atoms with E-state index in [9.17, 15) is 4.79 Å². The Morgan fingerprint density at radius 2 is 1.88 bits per heavy atom. The molecular formula is C12H10O4. The average molecular weight is 218 g/mol. The molecule has 1 aromatic heterocycles. The normalized spacial score (nSPS) is 10.1. The molecule has 0 aliphatic rings. The zero-order valence-electron chi connectivity index (χ0n) is 8.64. The van der Waals surface area contributed by atoms with Gasteiger partial charge in [-0.3, -0.25) is 4.79 Å². The summed E-state index contributed by atoms with van der Waals surface area (Å²) in [7, 11) is 1.56. The molecule has 0 unspecified atom stereocenters. The molecule has 1 heterocycles. The molecule has 0 atom stereocenters. The summed E-state index contributed by atoms with van der Waals surface area (Å²) < 4.78 is 9.82. The van der Waals surface area contributed by atoms with Gasteiger partial charge in [0, 0.05) is 11.6 Å². The van der Waals surface area contributed by atoms with Crippen LogP contribution >= 0.6 is 0 Å². The molecule has 1 N–H and O–H groups in total. The first-order valence-corrected chi connectivity index (χ1v) is 4.68. The number of rotatable bonds is 3. The molecule has 0 spiro atoms. The number of ether oxygens (including phenoxy) is 1. The minimum Gasteiger partial charge on any atom is -0.497 e.